The molecule has 1 heterocycles. The van der Waals surface area contributed by atoms with Crippen LogP contribution in [-0.4, -0.2) is 43.6 Å². The van der Waals surface area contributed by atoms with Crippen molar-refractivity contribution in [1.29, 1.82) is 0 Å². The van der Waals surface area contributed by atoms with Gasteiger partial charge in [-0.2, -0.15) is 37.2 Å². The Morgan fingerprint density at radius 2 is 1.65 bits per heavy atom. The maximum Gasteiger partial charge on any atom is 0.296 e. The summed E-state index contributed by atoms with van der Waals surface area (Å²) in [7, 11) is -9.04. The average molecular weight is 487 g/mol. The van der Waals surface area contributed by atoms with Gasteiger partial charge in [-0.05, 0) is 55.8 Å². The van der Waals surface area contributed by atoms with Gasteiger partial charge in [-0.1, -0.05) is 11.6 Å². The predicted octanol–water partition coefficient (Wildman–Crippen LogP) is 3.02. The molecule has 1 amide bonds. The molecule has 3 rings (SSSR count). The van der Waals surface area contributed by atoms with Crippen LogP contribution >= 0.6 is 11.6 Å². The van der Waals surface area contributed by atoms with Crippen molar-refractivity contribution in [2.24, 2.45) is 15.3 Å². The maximum atomic E-state index is 12.7. The lowest BCUT2D eigenvalue weighted by molar-refractivity contribution is -0.117. The molecule has 1 aliphatic rings. The van der Waals surface area contributed by atoms with Crippen molar-refractivity contribution in [2.75, 3.05) is 5.01 Å². The third-order valence-electron chi connectivity index (χ3n) is 4.27. The topological polar surface area (TPSA) is 166 Å². The van der Waals surface area contributed by atoms with Crippen LogP contribution in [0.15, 0.2) is 61.5 Å². The molecule has 0 spiro atoms. The van der Waals surface area contributed by atoms with E-state index in [1.807, 2.05) is 0 Å². The number of azo groups is 1. The summed E-state index contributed by atoms with van der Waals surface area (Å²) in [5.74, 6) is -0.625. The maximum absolute atomic E-state index is 12.7. The first kappa shape index (κ1) is 23.0. The summed E-state index contributed by atoms with van der Waals surface area (Å²) in [6, 6.07) is 5.91. The third-order valence-corrected chi connectivity index (χ3v) is 6.43. The standard InChI is InChI=1S/C17H15ClN4O7S2/c1-9-7-14(15(8-13(9)18)31(27,28)29)19-20-16-10(2)21-22(17(16)23)11-3-5-12(6-4-11)30(24,25)26/h3-8,16H,1-2H3,(H,24,25,26)(H,27,28,29)/t16-/m1/s1. The highest BCUT2D eigenvalue weighted by Crippen LogP contribution is 2.32. The van der Waals surface area contributed by atoms with Crippen LogP contribution in [0.5, 0.6) is 0 Å². The van der Waals surface area contributed by atoms with Crippen molar-refractivity contribution in [3.63, 3.8) is 0 Å². The smallest absolute Gasteiger partial charge is 0.282 e. The predicted molar refractivity (Wildman–Crippen MR) is 111 cm³/mol. The second kappa shape index (κ2) is 8.09. The highest BCUT2D eigenvalue weighted by Gasteiger charge is 2.35. The van der Waals surface area contributed by atoms with E-state index in [1.54, 1.807) is 6.92 Å². The summed E-state index contributed by atoms with van der Waals surface area (Å²) >= 11 is 5.91. The number of amides is 1. The molecule has 2 N–H and O–H groups in total. The number of nitrogens with zero attached hydrogens (tertiary/aromatic N) is 4. The quantitative estimate of drug-likeness (QED) is 0.483. The Balaban J connectivity index is 1.92. The molecule has 0 fully saturated rings. The molecule has 0 aliphatic carbocycles. The largest absolute Gasteiger partial charge is 0.296 e. The number of benzene rings is 2. The normalized spacial score (nSPS) is 17.5. The van der Waals surface area contributed by atoms with Crippen molar-refractivity contribution in [2.45, 2.75) is 29.7 Å². The van der Waals surface area contributed by atoms with Gasteiger partial charge in [-0.15, -0.1) is 0 Å². The summed E-state index contributed by atoms with van der Waals surface area (Å²) in [5, 5.41) is 12.8. The minimum Gasteiger partial charge on any atom is -0.282 e. The highest BCUT2D eigenvalue weighted by atomic mass is 35.5. The summed E-state index contributed by atoms with van der Waals surface area (Å²) in [6.45, 7) is 3.10. The van der Waals surface area contributed by atoms with E-state index in [9.17, 15) is 26.2 Å². The summed E-state index contributed by atoms with van der Waals surface area (Å²) in [4.78, 5) is 11.8. The number of hydrogen-bond donors (Lipinski definition) is 2. The molecular formula is C17H15ClN4O7S2. The summed E-state index contributed by atoms with van der Waals surface area (Å²) < 4.78 is 64.0. The number of halogens is 1. The molecule has 14 heteroatoms. The lowest BCUT2D eigenvalue weighted by atomic mass is 10.2. The average Bonchev–Trinajstić information content (AvgIpc) is 2.95. The Labute approximate surface area is 182 Å². The van der Waals surface area contributed by atoms with E-state index in [0.717, 1.165) is 23.2 Å². The van der Waals surface area contributed by atoms with Gasteiger partial charge in [0, 0.05) is 5.02 Å². The van der Waals surface area contributed by atoms with Crippen molar-refractivity contribution < 1.29 is 30.7 Å². The molecule has 0 radical (unpaired) electrons. The van der Waals surface area contributed by atoms with Crippen molar-refractivity contribution >= 4 is 54.8 Å². The van der Waals surface area contributed by atoms with Gasteiger partial charge in [0.15, 0.2) is 6.04 Å². The first-order valence-electron chi connectivity index (χ1n) is 8.44. The number of carbonyl (C=O) groups excluding carboxylic acids is 1. The second-order valence-corrected chi connectivity index (χ2v) is 9.74. The molecule has 1 atom stereocenters. The lowest BCUT2D eigenvalue weighted by Gasteiger charge is -2.12. The molecule has 0 saturated carbocycles. The molecule has 2 aromatic rings. The molecule has 164 valence electrons. The van der Waals surface area contributed by atoms with E-state index >= 15 is 0 Å². The molecule has 1 aliphatic heterocycles. The first-order valence-corrected chi connectivity index (χ1v) is 11.7. The number of rotatable bonds is 5. The van der Waals surface area contributed by atoms with Gasteiger partial charge < -0.3 is 0 Å². The molecule has 2 aromatic carbocycles. The Morgan fingerprint density at radius 3 is 2.19 bits per heavy atom. The highest BCUT2D eigenvalue weighted by molar-refractivity contribution is 7.86. The molecule has 11 nitrogen and oxygen atoms in total. The van der Waals surface area contributed by atoms with Crippen molar-refractivity contribution in [3.05, 3.63) is 47.0 Å². The number of hydrazone groups is 1. The summed E-state index contributed by atoms with van der Waals surface area (Å²) in [5.41, 5.74) is 0.731. The number of aryl methyl sites for hydroxylation is 1. The number of carbonyl (C=O) groups is 1. The van der Waals surface area contributed by atoms with Gasteiger partial charge in [-0.3, -0.25) is 13.9 Å². The van der Waals surface area contributed by atoms with Crippen LogP contribution in [0.3, 0.4) is 0 Å². The lowest BCUT2D eigenvalue weighted by Crippen LogP contribution is -2.29. The Hall–Kier alpha value is -2.71. The van der Waals surface area contributed by atoms with Gasteiger partial charge in [0.2, 0.25) is 0 Å². The fraction of sp³-hybridized carbons (Fsp3) is 0.176. The van der Waals surface area contributed by atoms with E-state index in [4.69, 9.17) is 16.2 Å². The van der Waals surface area contributed by atoms with Crippen LogP contribution < -0.4 is 5.01 Å². The second-order valence-electron chi connectivity index (χ2n) is 6.52. The van der Waals surface area contributed by atoms with Gasteiger partial charge in [0.05, 0.1) is 16.3 Å². The third kappa shape index (κ3) is 4.80. The Kier molecular flexibility index (Phi) is 5.99. The Bertz CT molecular complexity index is 1340. The monoisotopic (exact) mass is 486 g/mol. The van der Waals surface area contributed by atoms with Gasteiger partial charge in [0.1, 0.15) is 10.6 Å². The molecule has 0 unspecified atom stereocenters. The first-order chi connectivity index (χ1) is 14.3. The zero-order valence-electron chi connectivity index (χ0n) is 16.0. The van der Waals surface area contributed by atoms with Crippen LogP contribution in [0.2, 0.25) is 5.02 Å². The molecule has 0 aromatic heterocycles. The van der Waals surface area contributed by atoms with Crippen LogP contribution in [0.1, 0.15) is 12.5 Å². The zero-order valence-corrected chi connectivity index (χ0v) is 18.3. The van der Waals surface area contributed by atoms with Crippen molar-refractivity contribution in [1.82, 2.24) is 0 Å². The minimum absolute atomic E-state index is 0.0979. The fourth-order valence-corrected chi connectivity index (χ4v) is 4.03. The van der Waals surface area contributed by atoms with Crippen LogP contribution in [0.4, 0.5) is 11.4 Å². The summed E-state index contributed by atoms with van der Waals surface area (Å²) in [6.07, 6.45) is 0. The Morgan fingerprint density at radius 1 is 1.03 bits per heavy atom. The van der Waals surface area contributed by atoms with E-state index in [0.29, 0.717) is 5.56 Å². The minimum atomic E-state index is -4.65. The van der Waals surface area contributed by atoms with E-state index < -0.39 is 37.1 Å². The molecule has 0 bridgehead atoms. The molecule has 31 heavy (non-hydrogen) atoms. The molecule has 0 saturated heterocycles. The SMILES string of the molecule is CC1=NN(c2ccc(S(=O)(=O)O)cc2)C(=O)[C@@H]1N=Nc1cc(C)c(Cl)cc1S(=O)(=O)O. The van der Waals surface area contributed by atoms with Crippen molar-refractivity contribution in [3.8, 4) is 0 Å². The van der Waals surface area contributed by atoms with Crippen LogP contribution in [-0.2, 0) is 25.0 Å². The van der Waals surface area contributed by atoms with E-state index in [1.165, 1.54) is 25.1 Å². The zero-order chi connectivity index (χ0) is 23.1. The van der Waals surface area contributed by atoms with Gasteiger partial charge >= 0.3 is 0 Å². The fourth-order valence-electron chi connectivity index (χ4n) is 2.69. The van der Waals surface area contributed by atoms with Gasteiger partial charge in [-0.25, -0.2) is 0 Å². The van der Waals surface area contributed by atoms with E-state index in [2.05, 4.69) is 15.3 Å². The number of anilines is 1. The van der Waals surface area contributed by atoms with Gasteiger partial charge in [0.25, 0.3) is 26.1 Å². The molecular weight excluding hydrogens is 472 g/mol. The number of hydrogen-bond acceptors (Lipinski definition) is 8. The van der Waals surface area contributed by atoms with Crippen LogP contribution in [0.25, 0.3) is 0 Å². The van der Waals surface area contributed by atoms with Crippen LogP contribution in [0, 0.1) is 6.92 Å². The van der Waals surface area contributed by atoms with E-state index in [-0.39, 0.29) is 27.0 Å².